The molecule has 0 saturated carbocycles. The molecule has 3 atom stereocenters. The summed E-state index contributed by atoms with van der Waals surface area (Å²) in [5.74, 6) is 0.467. The minimum atomic E-state index is -4.03. The Balaban J connectivity index is 1.57. The van der Waals surface area contributed by atoms with Crippen LogP contribution in [-0.2, 0) is 32.5 Å². The lowest BCUT2D eigenvalue weighted by molar-refractivity contribution is -0.118. The van der Waals surface area contributed by atoms with Gasteiger partial charge in [0, 0.05) is 35.0 Å². The molecule has 0 radical (unpaired) electrons. The molecular formula is C26H41N4O9PS2. The summed E-state index contributed by atoms with van der Waals surface area (Å²) in [6, 6.07) is 1.57. The van der Waals surface area contributed by atoms with Crippen molar-refractivity contribution in [3.05, 3.63) is 22.6 Å². The minimum absolute atomic E-state index is 0.0238. The number of aliphatic hydroxyl groups excluding tert-OH is 1. The van der Waals surface area contributed by atoms with Crippen molar-refractivity contribution in [2.24, 2.45) is 10.8 Å². The molecule has 0 unspecified atom stereocenters. The third-order valence-electron chi connectivity index (χ3n) is 6.09. The number of thioether (sulfide) groups is 2. The number of nitrogens with one attached hydrogen (secondary N) is 1. The van der Waals surface area contributed by atoms with Gasteiger partial charge in [-0.2, -0.15) is 4.98 Å². The van der Waals surface area contributed by atoms with Gasteiger partial charge >= 0.3 is 7.82 Å². The number of phosphoric acid groups is 1. The van der Waals surface area contributed by atoms with Gasteiger partial charge in [0.05, 0.1) is 31.3 Å². The molecule has 2 aromatic heterocycles. The number of aromatic amines is 1. The molecule has 0 aromatic carbocycles. The zero-order valence-corrected chi connectivity index (χ0v) is 27.3. The Labute approximate surface area is 253 Å². The number of carbonyl (C=O) groups is 2. The second kappa shape index (κ2) is 14.4. The highest BCUT2D eigenvalue weighted by molar-refractivity contribution is 8.14. The average molecular weight is 649 g/mol. The van der Waals surface area contributed by atoms with E-state index in [1.54, 1.807) is 16.8 Å². The summed E-state index contributed by atoms with van der Waals surface area (Å²) >= 11 is 2.15. The first-order chi connectivity index (χ1) is 19.5. The topological polar surface area (TPSA) is 185 Å². The van der Waals surface area contributed by atoms with Gasteiger partial charge in [0.1, 0.15) is 6.10 Å². The van der Waals surface area contributed by atoms with Gasteiger partial charge in [-0.3, -0.25) is 32.9 Å². The number of nitrogens with two attached hydrogens (primary N) is 1. The van der Waals surface area contributed by atoms with Gasteiger partial charge < -0.3 is 20.1 Å². The summed E-state index contributed by atoms with van der Waals surface area (Å²) in [6.07, 6.45) is -0.0592. The number of nitrogens with zero attached hydrogens (tertiary/aromatic N) is 2. The van der Waals surface area contributed by atoms with Crippen molar-refractivity contribution in [1.82, 2.24) is 14.5 Å². The van der Waals surface area contributed by atoms with Crippen LogP contribution in [0.3, 0.4) is 0 Å². The Hall–Kier alpha value is -1.71. The van der Waals surface area contributed by atoms with Gasteiger partial charge in [0.25, 0.3) is 5.56 Å². The number of ether oxygens (including phenoxy) is 1. The van der Waals surface area contributed by atoms with E-state index in [-0.39, 0.29) is 66.0 Å². The fourth-order valence-electron chi connectivity index (χ4n) is 3.84. The molecule has 42 heavy (non-hydrogen) atoms. The van der Waals surface area contributed by atoms with E-state index in [1.165, 1.54) is 0 Å². The maximum Gasteiger partial charge on any atom is 0.474 e. The molecule has 0 spiro atoms. The summed E-state index contributed by atoms with van der Waals surface area (Å²) in [6.45, 7) is 10.7. The van der Waals surface area contributed by atoms with Crippen LogP contribution in [0.5, 0.6) is 0 Å². The van der Waals surface area contributed by atoms with Crippen molar-refractivity contribution < 1.29 is 37.6 Å². The molecule has 0 aliphatic carbocycles. The van der Waals surface area contributed by atoms with Crippen molar-refractivity contribution in [1.29, 1.82) is 0 Å². The summed E-state index contributed by atoms with van der Waals surface area (Å²) in [4.78, 5) is 43.1. The Morgan fingerprint density at radius 3 is 2.19 bits per heavy atom. The van der Waals surface area contributed by atoms with Crippen molar-refractivity contribution >= 4 is 58.6 Å². The van der Waals surface area contributed by atoms with Gasteiger partial charge in [-0.05, 0) is 12.5 Å². The van der Waals surface area contributed by atoms with Crippen LogP contribution in [0.15, 0.2) is 17.1 Å². The molecule has 3 rings (SSSR count). The number of aromatic nitrogens is 3. The Bertz CT molecular complexity index is 1310. The number of hydrogen-bond donors (Lipinski definition) is 3. The summed E-state index contributed by atoms with van der Waals surface area (Å²) in [5.41, 5.74) is 4.54. The van der Waals surface area contributed by atoms with Gasteiger partial charge in [0.15, 0.2) is 22.1 Å². The number of fused-ring (bicyclic) bond motifs is 1. The molecule has 1 aliphatic heterocycles. The molecule has 1 saturated heterocycles. The standard InChI is InChI=1S/C26H41N4O9PS2/c1-25(2,3)22(33)41-13-11-37-40(35,38-12-14-42-23(34)26(4,5)6)36-10-8-16-15-18(31)21(39-16)30-9-7-17-19(30)28-24(27)29-20(17)32/h7,9,16,18,21,31H,8,10-15H2,1-6H3,(H3,27,28,29,32)/t16-,18-,21-/m1/s1. The van der Waals surface area contributed by atoms with E-state index >= 15 is 0 Å². The number of aliphatic hydroxyl groups is 1. The molecule has 2 aromatic rings. The monoisotopic (exact) mass is 648 g/mol. The van der Waals surface area contributed by atoms with E-state index in [4.69, 9.17) is 24.0 Å². The SMILES string of the molecule is CC(C)(C)C(=O)SCCOP(=O)(OCCSC(=O)C(C)(C)C)OCC[C@@H]1C[C@@H](O)[C@H](n2ccc3c(=O)[nH]c(N)nc32)O1. The van der Waals surface area contributed by atoms with Crippen LogP contribution in [0.2, 0.25) is 0 Å². The third-order valence-corrected chi connectivity index (χ3v) is 10.1. The van der Waals surface area contributed by atoms with Crippen LogP contribution in [-0.4, -0.2) is 73.4 Å². The van der Waals surface area contributed by atoms with Crippen LogP contribution >= 0.6 is 31.3 Å². The smallest absolute Gasteiger partial charge is 0.388 e. The highest BCUT2D eigenvalue weighted by Gasteiger charge is 2.37. The highest BCUT2D eigenvalue weighted by atomic mass is 32.2. The Morgan fingerprint density at radius 2 is 1.64 bits per heavy atom. The van der Waals surface area contributed by atoms with Crippen LogP contribution in [0.1, 0.15) is 60.6 Å². The molecule has 3 heterocycles. The first-order valence-electron chi connectivity index (χ1n) is 13.6. The predicted molar refractivity (Wildman–Crippen MR) is 163 cm³/mol. The van der Waals surface area contributed by atoms with E-state index in [0.29, 0.717) is 5.39 Å². The second-order valence-electron chi connectivity index (χ2n) is 11.9. The largest absolute Gasteiger partial charge is 0.474 e. The van der Waals surface area contributed by atoms with Gasteiger partial charge in [-0.1, -0.05) is 65.1 Å². The van der Waals surface area contributed by atoms with Crippen LogP contribution < -0.4 is 11.3 Å². The van der Waals surface area contributed by atoms with Gasteiger partial charge in [-0.25, -0.2) is 4.57 Å². The van der Waals surface area contributed by atoms with Crippen molar-refractivity contribution in [2.45, 2.75) is 72.8 Å². The van der Waals surface area contributed by atoms with Crippen LogP contribution in [0.25, 0.3) is 11.0 Å². The zero-order valence-electron chi connectivity index (χ0n) is 24.8. The highest BCUT2D eigenvalue weighted by Crippen LogP contribution is 2.50. The van der Waals surface area contributed by atoms with Crippen molar-refractivity contribution in [3.8, 4) is 0 Å². The molecule has 0 bridgehead atoms. The number of nitrogen functional groups attached to an aromatic ring is 1. The lowest BCUT2D eigenvalue weighted by atomic mass is 9.99. The summed E-state index contributed by atoms with van der Waals surface area (Å²) in [5, 5.41) is 10.9. The minimum Gasteiger partial charge on any atom is -0.388 e. The number of hydrogen-bond acceptors (Lipinski definition) is 13. The zero-order chi connectivity index (χ0) is 31.3. The molecule has 1 aliphatic rings. The van der Waals surface area contributed by atoms with Crippen molar-refractivity contribution in [2.75, 3.05) is 37.1 Å². The number of H-pyrrole nitrogens is 1. The molecular weight excluding hydrogens is 607 g/mol. The average Bonchev–Trinajstić information content (AvgIpc) is 3.46. The molecule has 236 valence electrons. The van der Waals surface area contributed by atoms with Crippen LogP contribution in [0.4, 0.5) is 5.95 Å². The molecule has 4 N–H and O–H groups in total. The Kier molecular flexibility index (Phi) is 11.9. The molecule has 1 fully saturated rings. The lowest BCUT2D eigenvalue weighted by Crippen LogP contribution is -2.20. The first kappa shape index (κ1) is 34.8. The molecule has 16 heteroatoms. The molecule has 13 nitrogen and oxygen atoms in total. The maximum absolute atomic E-state index is 13.4. The Morgan fingerprint density at radius 1 is 1.10 bits per heavy atom. The fraction of sp³-hybridized carbons (Fsp3) is 0.692. The van der Waals surface area contributed by atoms with E-state index in [1.807, 2.05) is 41.5 Å². The van der Waals surface area contributed by atoms with Gasteiger partial charge in [0.2, 0.25) is 5.95 Å². The third kappa shape index (κ3) is 9.65. The number of carbonyl (C=O) groups excluding carboxylic acids is 2. The van der Waals surface area contributed by atoms with Gasteiger partial charge in [-0.15, -0.1) is 0 Å². The quantitative estimate of drug-likeness (QED) is 0.208. The lowest BCUT2D eigenvalue weighted by Gasteiger charge is -2.20. The van der Waals surface area contributed by atoms with E-state index in [2.05, 4.69) is 9.97 Å². The fourth-order valence-corrected chi connectivity index (χ4v) is 6.84. The van der Waals surface area contributed by atoms with Crippen LogP contribution in [0, 0.1) is 10.8 Å². The number of rotatable bonds is 13. The summed E-state index contributed by atoms with van der Waals surface area (Å²) < 4.78 is 37.6. The second-order valence-corrected chi connectivity index (χ2v) is 15.7. The summed E-state index contributed by atoms with van der Waals surface area (Å²) in [7, 11) is -4.03. The number of anilines is 1. The van der Waals surface area contributed by atoms with Crippen molar-refractivity contribution in [3.63, 3.8) is 0 Å². The first-order valence-corrected chi connectivity index (χ1v) is 17.0. The molecule has 0 amide bonds. The normalized spacial score (nSPS) is 19.9. The maximum atomic E-state index is 13.4. The predicted octanol–water partition coefficient (Wildman–Crippen LogP) is 4.12. The van der Waals surface area contributed by atoms with E-state index in [9.17, 15) is 24.1 Å². The van der Waals surface area contributed by atoms with E-state index in [0.717, 1.165) is 23.5 Å². The number of phosphoric ester groups is 1. The van der Waals surface area contributed by atoms with E-state index < -0.39 is 42.6 Å².